The molecule has 1 heterocycles. The monoisotopic (exact) mass is 746 g/mol. The van der Waals surface area contributed by atoms with Gasteiger partial charge < -0.3 is 24.4 Å². The van der Waals surface area contributed by atoms with E-state index in [0.717, 1.165) is 38.2 Å². The van der Waals surface area contributed by atoms with Crippen molar-refractivity contribution in [1.29, 1.82) is 0 Å². The number of hydrogen-bond acceptors (Lipinski definition) is 6. The first kappa shape index (κ1) is 38.0. The predicted octanol–water partition coefficient (Wildman–Crippen LogP) is 8.91. The number of carbonyl (C=O) groups is 3. The van der Waals surface area contributed by atoms with Gasteiger partial charge in [-0.15, -0.1) is 6.58 Å². The van der Waals surface area contributed by atoms with Gasteiger partial charge in [-0.2, -0.15) is 0 Å². The van der Waals surface area contributed by atoms with Crippen molar-refractivity contribution in [1.82, 2.24) is 4.90 Å². The molecule has 0 aromatic heterocycles. The Morgan fingerprint density at radius 2 is 1.59 bits per heavy atom. The molecule has 1 aliphatic rings. The fourth-order valence-corrected chi connectivity index (χ4v) is 7.86. The molecule has 0 saturated carbocycles. The zero-order valence-corrected chi connectivity index (χ0v) is 31.8. The Kier molecular flexibility index (Phi) is 11.6. The van der Waals surface area contributed by atoms with Crippen LogP contribution in [0.4, 0.5) is 5.69 Å². The van der Waals surface area contributed by atoms with E-state index in [4.69, 9.17) is 9.47 Å². The van der Waals surface area contributed by atoms with Gasteiger partial charge in [0, 0.05) is 49.7 Å². The highest BCUT2D eigenvalue weighted by atomic mass is 16.5. The van der Waals surface area contributed by atoms with Crippen molar-refractivity contribution in [3.05, 3.63) is 168 Å². The van der Waals surface area contributed by atoms with Crippen LogP contribution in [0, 0.1) is 6.92 Å². The molecule has 7 rings (SSSR count). The third kappa shape index (κ3) is 8.07. The van der Waals surface area contributed by atoms with Gasteiger partial charge in [0.15, 0.2) is 0 Å². The van der Waals surface area contributed by atoms with Gasteiger partial charge >= 0.3 is 5.97 Å². The van der Waals surface area contributed by atoms with E-state index in [2.05, 4.69) is 6.58 Å². The van der Waals surface area contributed by atoms with Crippen LogP contribution in [0.25, 0.3) is 21.5 Å². The average molecular weight is 747 g/mol. The largest absolute Gasteiger partial charge is 0.493 e. The topological polar surface area (TPSA) is 96.4 Å². The highest BCUT2D eigenvalue weighted by Crippen LogP contribution is 2.48. The minimum absolute atomic E-state index is 0.0256. The van der Waals surface area contributed by atoms with Crippen molar-refractivity contribution in [2.75, 3.05) is 18.1 Å². The number of benzene rings is 6. The molecule has 2 amide bonds. The molecule has 0 saturated heterocycles. The van der Waals surface area contributed by atoms with E-state index in [1.165, 1.54) is 6.92 Å². The molecular weight excluding hydrogens is 701 g/mol. The smallest absolute Gasteiger partial charge is 0.302 e. The quantitative estimate of drug-likeness (QED) is 0.0680. The molecule has 0 radical (unpaired) electrons. The Balaban J connectivity index is 1.43. The molecule has 6 aromatic carbocycles. The molecule has 56 heavy (non-hydrogen) atoms. The first-order valence-electron chi connectivity index (χ1n) is 19.1. The molecule has 284 valence electrons. The molecule has 0 aliphatic carbocycles. The maximum atomic E-state index is 15.2. The van der Waals surface area contributed by atoms with Gasteiger partial charge in [0.25, 0.3) is 5.91 Å². The summed E-state index contributed by atoms with van der Waals surface area (Å²) < 4.78 is 12.2. The van der Waals surface area contributed by atoms with Crippen molar-refractivity contribution in [2.45, 2.75) is 57.8 Å². The summed E-state index contributed by atoms with van der Waals surface area (Å²) in [6, 6.07) is 39.5. The van der Waals surface area contributed by atoms with Gasteiger partial charge in [0.05, 0.1) is 25.1 Å². The van der Waals surface area contributed by atoms with Crippen molar-refractivity contribution in [3.63, 3.8) is 0 Å². The second-order valence-electron chi connectivity index (χ2n) is 14.3. The van der Waals surface area contributed by atoms with Crippen molar-refractivity contribution >= 4 is 45.0 Å². The third-order valence-electron chi connectivity index (χ3n) is 10.4. The van der Waals surface area contributed by atoms with Crippen LogP contribution in [0.2, 0.25) is 0 Å². The fourth-order valence-electron chi connectivity index (χ4n) is 7.86. The van der Waals surface area contributed by atoms with E-state index in [0.29, 0.717) is 29.0 Å². The second-order valence-corrected chi connectivity index (χ2v) is 14.3. The molecule has 1 N–H and O–H groups in total. The molecule has 0 fully saturated rings. The SMILES string of the molecule is C=CCC(OC(C)=O)[C@@H]1[C@@H](N(Cc2cccc3ccccc23)C(=O)c2ccc(C)cc2)c2cc(OCCCO)ccc2N1C(=O)Cc1ccc2ccccc2c1. The van der Waals surface area contributed by atoms with Crippen LogP contribution in [0.3, 0.4) is 0 Å². The van der Waals surface area contributed by atoms with Crippen LogP contribution < -0.4 is 9.64 Å². The number of amides is 2. The predicted molar refractivity (Wildman–Crippen MR) is 221 cm³/mol. The van der Waals surface area contributed by atoms with Crippen LogP contribution in [-0.4, -0.2) is 53.1 Å². The number of rotatable bonds is 14. The van der Waals surface area contributed by atoms with Gasteiger partial charge in [-0.1, -0.05) is 109 Å². The number of anilines is 1. The first-order chi connectivity index (χ1) is 27.2. The maximum absolute atomic E-state index is 15.2. The minimum Gasteiger partial charge on any atom is -0.493 e. The van der Waals surface area contributed by atoms with Crippen LogP contribution in [-0.2, 0) is 27.3 Å². The lowest BCUT2D eigenvalue weighted by Gasteiger charge is -2.39. The highest BCUT2D eigenvalue weighted by molar-refractivity contribution is 6.00. The molecule has 1 unspecified atom stereocenters. The van der Waals surface area contributed by atoms with E-state index < -0.39 is 24.2 Å². The standard InChI is InChI=1S/C48H46N2O6/c1-4-11-44(56-33(3)52)47-46(49(48(54)37-21-18-32(2)19-22-37)31-39-16-9-15-36-13-7-8-17-41(36)39)42-30-40(55-27-10-26-51)24-25-43(42)50(47)45(53)29-34-20-23-35-12-5-6-14-38(35)28-34/h4-9,12-25,28,30,44,46-47,51H,1,10-11,26-27,29,31H2,2-3H3/t44?,46-,47+/m0/s1. The van der Waals surface area contributed by atoms with Crippen LogP contribution >= 0.6 is 0 Å². The number of aryl methyl sites for hydroxylation is 1. The number of hydrogen-bond donors (Lipinski definition) is 1. The van der Waals surface area contributed by atoms with Crippen LogP contribution in [0.5, 0.6) is 5.75 Å². The molecule has 1 aliphatic heterocycles. The van der Waals surface area contributed by atoms with Crippen LogP contribution in [0.1, 0.15) is 58.4 Å². The maximum Gasteiger partial charge on any atom is 0.302 e. The Morgan fingerprint density at radius 3 is 2.34 bits per heavy atom. The number of nitrogens with zero attached hydrogens (tertiary/aromatic N) is 2. The lowest BCUT2D eigenvalue weighted by Crippen LogP contribution is -2.53. The second kappa shape index (κ2) is 17.0. The fraction of sp³-hybridized carbons (Fsp3) is 0.229. The van der Waals surface area contributed by atoms with Crippen molar-refractivity contribution in [3.8, 4) is 5.75 Å². The zero-order chi connectivity index (χ0) is 39.2. The van der Waals surface area contributed by atoms with Crippen molar-refractivity contribution < 1.29 is 29.0 Å². The van der Waals surface area contributed by atoms with Gasteiger partial charge in [0.1, 0.15) is 11.9 Å². The average Bonchev–Trinajstić information content (AvgIpc) is 3.54. The minimum atomic E-state index is -0.859. The number of fused-ring (bicyclic) bond motifs is 3. The normalized spacial score (nSPS) is 15.3. The molecule has 6 aromatic rings. The van der Waals surface area contributed by atoms with Crippen molar-refractivity contribution in [2.24, 2.45) is 0 Å². The Labute approximate surface area is 327 Å². The molecule has 0 bridgehead atoms. The molecule has 8 nitrogen and oxygen atoms in total. The lowest BCUT2D eigenvalue weighted by atomic mass is 9.93. The summed E-state index contributed by atoms with van der Waals surface area (Å²) in [7, 11) is 0. The number of aliphatic hydroxyl groups excluding tert-OH is 1. The summed E-state index contributed by atoms with van der Waals surface area (Å²) in [6.45, 7) is 7.77. The Bertz CT molecular complexity index is 2380. The summed E-state index contributed by atoms with van der Waals surface area (Å²) >= 11 is 0. The Hall–Kier alpha value is -6.25. The molecular formula is C48H46N2O6. The molecule has 0 spiro atoms. The summed E-state index contributed by atoms with van der Waals surface area (Å²) in [5.74, 6) is -0.427. The number of esters is 1. The third-order valence-corrected chi connectivity index (χ3v) is 10.4. The van der Waals surface area contributed by atoms with Gasteiger partial charge in [0.2, 0.25) is 5.91 Å². The first-order valence-corrected chi connectivity index (χ1v) is 19.1. The number of aliphatic hydroxyl groups is 1. The van der Waals surface area contributed by atoms with Crippen LogP contribution in [0.15, 0.2) is 140 Å². The zero-order valence-electron chi connectivity index (χ0n) is 31.8. The van der Waals surface area contributed by atoms with E-state index in [-0.39, 0.29) is 44.4 Å². The summed E-state index contributed by atoms with van der Waals surface area (Å²) in [6.07, 6.45) is 1.56. The Morgan fingerprint density at radius 1 is 0.857 bits per heavy atom. The summed E-state index contributed by atoms with van der Waals surface area (Å²) in [5, 5.41) is 13.6. The highest BCUT2D eigenvalue weighted by Gasteiger charge is 2.50. The van der Waals surface area contributed by atoms with E-state index >= 15 is 4.79 Å². The van der Waals surface area contributed by atoms with Gasteiger partial charge in [-0.05, 0) is 69.9 Å². The van der Waals surface area contributed by atoms with E-state index in [9.17, 15) is 14.7 Å². The van der Waals surface area contributed by atoms with E-state index in [1.807, 2.05) is 133 Å². The summed E-state index contributed by atoms with van der Waals surface area (Å²) in [5.41, 5.74) is 4.54. The number of carbonyl (C=O) groups excluding carboxylic acids is 3. The van der Waals surface area contributed by atoms with Gasteiger partial charge in [-0.25, -0.2) is 0 Å². The lowest BCUT2D eigenvalue weighted by molar-refractivity contribution is -0.148. The molecule has 3 atom stereocenters. The number of ether oxygens (including phenoxy) is 2. The van der Waals surface area contributed by atoms with E-state index in [1.54, 1.807) is 17.0 Å². The molecule has 8 heteroatoms. The van der Waals surface area contributed by atoms with Gasteiger partial charge in [-0.3, -0.25) is 14.4 Å². The summed E-state index contributed by atoms with van der Waals surface area (Å²) in [4.78, 5) is 46.6.